The minimum Gasteiger partial charge on any atom is -0.342 e. The van der Waals surface area contributed by atoms with Crippen molar-refractivity contribution in [3.8, 4) is 11.1 Å². The van der Waals surface area contributed by atoms with Gasteiger partial charge in [0.1, 0.15) is 0 Å². The maximum absolute atomic E-state index is 12.4. The predicted octanol–water partition coefficient (Wildman–Crippen LogP) is 2.79. The number of nitrogens with zero attached hydrogens (tertiary/aromatic N) is 2. The molecule has 0 aliphatic rings. The summed E-state index contributed by atoms with van der Waals surface area (Å²) in [6.07, 6.45) is 4.87. The van der Waals surface area contributed by atoms with Gasteiger partial charge in [-0.1, -0.05) is 13.8 Å². The second-order valence-corrected chi connectivity index (χ2v) is 5.70. The Kier molecular flexibility index (Phi) is 5.32. The van der Waals surface area contributed by atoms with Crippen LogP contribution in [0, 0.1) is 6.92 Å². The number of pyridine rings is 2. The molecule has 0 unspecified atom stereocenters. The fourth-order valence-electron chi connectivity index (χ4n) is 2.59. The molecule has 0 saturated heterocycles. The molecule has 23 heavy (non-hydrogen) atoms. The van der Waals surface area contributed by atoms with Crippen molar-refractivity contribution in [2.75, 3.05) is 13.6 Å². The highest BCUT2D eigenvalue weighted by molar-refractivity contribution is 5.95. The zero-order chi connectivity index (χ0) is 17.0. The summed E-state index contributed by atoms with van der Waals surface area (Å²) in [7, 11) is 1.79. The van der Waals surface area contributed by atoms with Crippen LogP contribution in [0.1, 0.15) is 41.9 Å². The van der Waals surface area contributed by atoms with Crippen molar-refractivity contribution in [2.45, 2.75) is 33.6 Å². The summed E-state index contributed by atoms with van der Waals surface area (Å²) in [5.41, 5.74) is 3.75. The Balaban J connectivity index is 2.44. The van der Waals surface area contributed by atoms with Crippen LogP contribution in [0.5, 0.6) is 0 Å². The van der Waals surface area contributed by atoms with Crippen LogP contribution in [0.15, 0.2) is 29.3 Å². The number of nitrogens with one attached hydrogen (secondary N) is 1. The van der Waals surface area contributed by atoms with Crippen molar-refractivity contribution in [1.29, 1.82) is 0 Å². The molecule has 0 fully saturated rings. The van der Waals surface area contributed by atoms with E-state index in [9.17, 15) is 9.59 Å². The van der Waals surface area contributed by atoms with E-state index in [2.05, 4.69) is 9.97 Å². The molecule has 0 radical (unpaired) electrons. The van der Waals surface area contributed by atoms with E-state index in [4.69, 9.17) is 0 Å². The molecule has 0 aliphatic heterocycles. The number of H-pyrrole nitrogens is 1. The monoisotopic (exact) mass is 313 g/mol. The first-order valence-corrected chi connectivity index (χ1v) is 7.91. The number of aromatic amines is 1. The van der Waals surface area contributed by atoms with Gasteiger partial charge in [-0.2, -0.15) is 0 Å². The van der Waals surface area contributed by atoms with E-state index in [0.29, 0.717) is 18.5 Å². The maximum atomic E-state index is 12.4. The van der Waals surface area contributed by atoms with Gasteiger partial charge >= 0.3 is 0 Å². The summed E-state index contributed by atoms with van der Waals surface area (Å²) in [6.45, 7) is 6.55. The lowest BCUT2D eigenvalue weighted by Gasteiger charge is -2.16. The molecule has 2 heterocycles. The van der Waals surface area contributed by atoms with Gasteiger partial charge in [0.15, 0.2) is 0 Å². The molecule has 1 N–H and O–H groups in total. The predicted molar refractivity (Wildman–Crippen MR) is 91.7 cm³/mol. The highest BCUT2D eigenvalue weighted by atomic mass is 16.2. The molecule has 0 atom stereocenters. The molecule has 5 nitrogen and oxygen atoms in total. The van der Waals surface area contributed by atoms with Gasteiger partial charge in [0.25, 0.3) is 11.5 Å². The average Bonchev–Trinajstić information content (AvgIpc) is 2.54. The van der Waals surface area contributed by atoms with Crippen molar-refractivity contribution in [1.82, 2.24) is 14.9 Å². The van der Waals surface area contributed by atoms with Crippen LogP contribution in [0.2, 0.25) is 0 Å². The largest absolute Gasteiger partial charge is 0.342 e. The minimum atomic E-state index is -0.0587. The van der Waals surface area contributed by atoms with E-state index in [-0.39, 0.29) is 11.5 Å². The van der Waals surface area contributed by atoms with Crippen molar-refractivity contribution >= 4 is 5.91 Å². The molecule has 0 spiro atoms. The van der Waals surface area contributed by atoms with Gasteiger partial charge in [0.2, 0.25) is 0 Å². The summed E-state index contributed by atoms with van der Waals surface area (Å²) in [5, 5.41) is 0. The first-order valence-electron chi connectivity index (χ1n) is 7.91. The van der Waals surface area contributed by atoms with Crippen LogP contribution in [0.25, 0.3) is 11.1 Å². The van der Waals surface area contributed by atoms with Crippen LogP contribution in [-0.4, -0.2) is 34.4 Å². The Morgan fingerprint density at radius 2 is 2.00 bits per heavy atom. The number of hydrogen-bond acceptors (Lipinski definition) is 3. The second-order valence-electron chi connectivity index (χ2n) is 5.70. The standard InChI is InChI=1S/C18H23N3O2/c1-5-7-21(4)18(23)15-8-14(10-19-11-15)16-9-13(6-2)17(22)20-12(16)3/h8-11H,5-7H2,1-4H3,(H,20,22). The molecular weight excluding hydrogens is 290 g/mol. The van der Waals surface area contributed by atoms with Gasteiger partial charge in [0.05, 0.1) is 5.56 Å². The van der Waals surface area contributed by atoms with Crippen LogP contribution < -0.4 is 5.56 Å². The number of amides is 1. The van der Waals surface area contributed by atoms with Gasteiger partial charge in [0, 0.05) is 48.4 Å². The molecular formula is C18H23N3O2. The number of aryl methyl sites for hydroxylation is 2. The molecule has 1 amide bonds. The van der Waals surface area contributed by atoms with Gasteiger partial charge in [-0.05, 0) is 31.9 Å². The Bertz CT molecular complexity index is 765. The fourth-order valence-corrected chi connectivity index (χ4v) is 2.59. The van der Waals surface area contributed by atoms with E-state index in [1.54, 1.807) is 24.3 Å². The van der Waals surface area contributed by atoms with Crippen molar-refractivity contribution in [3.63, 3.8) is 0 Å². The van der Waals surface area contributed by atoms with Crippen LogP contribution in [0.4, 0.5) is 0 Å². The molecule has 0 aromatic carbocycles. The summed E-state index contributed by atoms with van der Waals surface area (Å²) in [5.74, 6) is -0.0426. The highest BCUT2D eigenvalue weighted by Gasteiger charge is 2.14. The maximum Gasteiger partial charge on any atom is 0.255 e. The number of hydrogen-bond donors (Lipinski definition) is 1. The summed E-state index contributed by atoms with van der Waals surface area (Å²) in [4.78, 5) is 33.0. The Morgan fingerprint density at radius 1 is 1.26 bits per heavy atom. The van der Waals surface area contributed by atoms with Crippen molar-refractivity contribution in [2.24, 2.45) is 0 Å². The third kappa shape index (κ3) is 3.67. The molecule has 2 aromatic rings. The molecule has 0 aliphatic carbocycles. The third-order valence-electron chi connectivity index (χ3n) is 3.90. The highest BCUT2D eigenvalue weighted by Crippen LogP contribution is 2.22. The van der Waals surface area contributed by atoms with E-state index < -0.39 is 0 Å². The molecule has 5 heteroatoms. The van der Waals surface area contributed by atoms with Crippen LogP contribution in [0.3, 0.4) is 0 Å². The van der Waals surface area contributed by atoms with Crippen LogP contribution in [-0.2, 0) is 6.42 Å². The zero-order valence-electron chi connectivity index (χ0n) is 14.1. The van der Waals surface area contributed by atoms with Crippen molar-refractivity contribution < 1.29 is 4.79 Å². The lowest BCUT2D eigenvalue weighted by molar-refractivity contribution is 0.0795. The molecule has 0 bridgehead atoms. The van der Waals surface area contributed by atoms with Crippen LogP contribution >= 0.6 is 0 Å². The molecule has 0 saturated carbocycles. The number of aromatic nitrogens is 2. The minimum absolute atomic E-state index is 0.0426. The lowest BCUT2D eigenvalue weighted by atomic mass is 10.0. The van der Waals surface area contributed by atoms with E-state index in [1.165, 1.54) is 0 Å². The van der Waals surface area contributed by atoms with Gasteiger partial charge in [-0.25, -0.2) is 0 Å². The number of carbonyl (C=O) groups excluding carboxylic acids is 1. The van der Waals surface area contributed by atoms with E-state index >= 15 is 0 Å². The Labute approximate surface area is 136 Å². The number of rotatable bonds is 5. The normalized spacial score (nSPS) is 10.6. The summed E-state index contributed by atoms with van der Waals surface area (Å²) < 4.78 is 0. The molecule has 122 valence electrons. The second kappa shape index (κ2) is 7.22. The quantitative estimate of drug-likeness (QED) is 0.923. The summed E-state index contributed by atoms with van der Waals surface area (Å²) in [6, 6.07) is 3.72. The fraction of sp³-hybridized carbons (Fsp3) is 0.389. The first-order chi connectivity index (χ1) is 11.0. The molecule has 2 rings (SSSR count). The topological polar surface area (TPSA) is 66.1 Å². The first kappa shape index (κ1) is 16.9. The van der Waals surface area contributed by atoms with E-state index in [0.717, 1.165) is 28.8 Å². The van der Waals surface area contributed by atoms with Crippen molar-refractivity contribution in [3.05, 3.63) is 51.7 Å². The Hall–Kier alpha value is -2.43. The SMILES string of the molecule is CCCN(C)C(=O)c1cncc(-c2cc(CC)c(=O)[nH]c2C)c1. The Morgan fingerprint density at radius 3 is 2.65 bits per heavy atom. The third-order valence-corrected chi connectivity index (χ3v) is 3.90. The van der Waals surface area contributed by atoms with Gasteiger partial charge < -0.3 is 9.88 Å². The number of carbonyl (C=O) groups is 1. The zero-order valence-corrected chi connectivity index (χ0v) is 14.1. The van der Waals surface area contributed by atoms with Gasteiger partial charge in [-0.3, -0.25) is 14.6 Å². The average molecular weight is 313 g/mol. The summed E-state index contributed by atoms with van der Waals surface area (Å²) >= 11 is 0. The lowest BCUT2D eigenvalue weighted by Crippen LogP contribution is -2.27. The van der Waals surface area contributed by atoms with E-state index in [1.807, 2.05) is 32.9 Å². The molecule has 2 aromatic heterocycles. The van der Waals surface area contributed by atoms with Gasteiger partial charge in [-0.15, -0.1) is 0 Å². The smallest absolute Gasteiger partial charge is 0.255 e.